The highest BCUT2D eigenvalue weighted by Gasteiger charge is 2.16. The van der Waals surface area contributed by atoms with Gasteiger partial charge < -0.3 is 10.1 Å². The van der Waals surface area contributed by atoms with E-state index in [-0.39, 0.29) is 21.6 Å². The molecule has 7 heteroatoms. The van der Waals surface area contributed by atoms with Gasteiger partial charge in [0, 0.05) is 5.02 Å². The van der Waals surface area contributed by atoms with E-state index in [0.29, 0.717) is 0 Å². The molecular weight excluding hydrogens is 316 g/mol. The van der Waals surface area contributed by atoms with Crippen molar-refractivity contribution in [3.05, 3.63) is 33.0 Å². The van der Waals surface area contributed by atoms with Crippen molar-refractivity contribution in [3.8, 4) is 0 Å². The standard InChI is InChI=1S/C10H8BrClFNO3/c1-17-8(15)4-14-10(16)6-2-5(12)3-7(11)9(6)13/h2-3H,4H2,1H3,(H,14,16). The Bertz CT molecular complexity index is 467. The van der Waals surface area contributed by atoms with E-state index < -0.39 is 17.7 Å². The van der Waals surface area contributed by atoms with Gasteiger partial charge >= 0.3 is 5.97 Å². The van der Waals surface area contributed by atoms with Gasteiger partial charge in [0.05, 0.1) is 17.1 Å². The Kier molecular flexibility index (Phi) is 4.89. The maximum Gasteiger partial charge on any atom is 0.325 e. The van der Waals surface area contributed by atoms with Crippen molar-refractivity contribution in [1.29, 1.82) is 0 Å². The minimum absolute atomic E-state index is 0.0771. The summed E-state index contributed by atoms with van der Waals surface area (Å²) in [6.45, 7) is -0.334. The fourth-order valence-corrected chi connectivity index (χ4v) is 1.85. The van der Waals surface area contributed by atoms with Gasteiger partial charge in [0.2, 0.25) is 0 Å². The lowest BCUT2D eigenvalue weighted by Crippen LogP contribution is -2.30. The lowest BCUT2D eigenvalue weighted by Gasteiger charge is -2.06. The van der Waals surface area contributed by atoms with E-state index in [1.54, 1.807) is 0 Å². The van der Waals surface area contributed by atoms with Crippen molar-refractivity contribution in [3.63, 3.8) is 0 Å². The molecule has 1 aromatic carbocycles. The third-order valence-corrected chi connectivity index (χ3v) is 2.65. The van der Waals surface area contributed by atoms with Crippen LogP contribution in [0.25, 0.3) is 0 Å². The molecule has 4 nitrogen and oxygen atoms in total. The number of amides is 1. The maximum atomic E-state index is 13.6. The summed E-state index contributed by atoms with van der Waals surface area (Å²) in [5.41, 5.74) is -0.242. The SMILES string of the molecule is COC(=O)CNC(=O)c1cc(Cl)cc(Br)c1F. The number of rotatable bonds is 3. The summed E-state index contributed by atoms with van der Waals surface area (Å²) in [5, 5.41) is 2.42. The van der Waals surface area contributed by atoms with Gasteiger partial charge in [-0.15, -0.1) is 0 Å². The number of methoxy groups -OCH3 is 1. The van der Waals surface area contributed by atoms with Crippen LogP contribution in [0, 0.1) is 5.82 Å². The van der Waals surface area contributed by atoms with E-state index in [1.807, 2.05) is 0 Å². The first kappa shape index (κ1) is 13.9. The second kappa shape index (κ2) is 5.97. The zero-order chi connectivity index (χ0) is 13.0. The fourth-order valence-electron chi connectivity index (χ4n) is 1.04. The molecule has 0 radical (unpaired) electrons. The van der Waals surface area contributed by atoms with Crippen molar-refractivity contribution in [1.82, 2.24) is 5.32 Å². The Morgan fingerprint density at radius 3 is 2.76 bits per heavy atom. The van der Waals surface area contributed by atoms with E-state index in [2.05, 4.69) is 26.0 Å². The van der Waals surface area contributed by atoms with Crippen LogP contribution in [0.5, 0.6) is 0 Å². The predicted octanol–water partition coefficient (Wildman–Crippen LogP) is 2.14. The quantitative estimate of drug-likeness (QED) is 0.684. The minimum Gasteiger partial charge on any atom is -0.468 e. The van der Waals surface area contributed by atoms with Gasteiger partial charge in [-0.05, 0) is 28.1 Å². The Balaban J connectivity index is 2.86. The monoisotopic (exact) mass is 323 g/mol. The van der Waals surface area contributed by atoms with Gasteiger partial charge in [-0.1, -0.05) is 11.6 Å². The summed E-state index contributed by atoms with van der Waals surface area (Å²) >= 11 is 8.62. The van der Waals surface area contributed by atoms with Crippen molar-refractivity contribution in [2.75, 3.05) is 13.7 Å². The summed E-state index contributed by atoms with van der Waals surface area (Å²) in [6.07, 6.45) is 0. The van der Waals surface area contributed by atoms with Crippen LogP contribution in [0.3, 0.4) is 0 Å². The van der Waals surface area contributed by atoms with Crippen LogP contribution >= 0.6 is 27.5 Å². The van der Waals surface area contributed by atoms with Crippen molar-refractivity contribution >= 4 is 39.4 Å². The number of carbonyl (C=O) groups is 2. The van der Waals surface area contributed by atoms with Crippen molar-refractivity contribution in [2.45, 2.75) is 0 Å². The largest absolute Gasteiger partial charge is 0.468 e. The average molecular weight is 325 g/mol. The minimum atomic E-state index is -0.740. The topological polar surface area (TPSA) is 55.4 Å². The van der Waals surface area contributed by atoms with E-state index in [0.717, 1.165) is 0 Å². The van der Waals surface area contributed by atoms with Gasteiger partial charge in [0.15, 0.2) is 0 Å². The molecule has 0 aromatic heterocycles. The lowest BCUT2D eigenvalue weighted by molar-refractivity contribution is -0.139. The Morgan fingerprint density at radius 2 is 2.18 bits per heavy atom. The predicted molar refractivity (Wildman–Crippen MR) is 63.5 cm³/mol. The molecule has 0 unspecified atom stereocenters. The van der Waals surface area contributed by atoms with Gasteiger partial charge in [0.25, 0.3) is 5.91 Å². The molecule has 0 fully saturated rings. The summed E-state index contributed by atoms with van der Waals surface area (Å²) in [6, 6.07) is 2.50. The molecular formula is C10H8BrClFNO3. The first-order chi connectivity index (χ1) is 7.95. The number of ether oxygens (including phenoxy) is 1. The molecule has 0 aliphatic carbocycles. The van der Waals surface area contributed by atoms with Gasteiger partial charge in [-0.25, -0.2) is 4.39 Å². The number of esters is 1. The molecule has 0 saturated carbocycles. The molecule has 0 bridgehead atoms. The van der Waals surface area contributed by atoms with Crippen LogP contribution in [-0.4, -0.2) is 25.5 Å². The van der Waals surface area contributed by atoms with E-state index in [4.69, 9.17) is 11.6 Å². The van der Waals surface area contributed by atoms with Crippen LogP contribution in [0.2, 0.25) is 5.02 Å². The molecule has 0 aliphatic heterocycles. The summed E-state index contributed by atoms with van der Waals surface area (Å²) in [5.74, 6) is -2.10. The first-order valence-electron chi connectivity index (χ1n) is 4.45. The van der Waals surface area contributed by atoms with Crippen molar-refractivity contribution in [2.24, 2.45) is 0 Å². The zero-order valence-corrected chi connectivity index (χ0v) is 11.1. The molecule has 0 spiro atoms. The number of nitrogens with one attached hydrogen (secondary N) is 1. The number of hydrogen-bond acceptors (Lipinski definition) is 3. The molecule has 0 atom stereocenters. The second-order valence-corrected chi connectivity index (χ2v) is 4.30. The highest BCUT2D eigenvalue weighted by Crippen LogP contribution is 2.24. The fraction of sp³-hybridized carbons (Fsp3) is 0.200. The lowest BCUT2D eigenvalue weighted by atomic mass is 10.2. The molecule has 0 heterocycles. The second-order valence-electron chi connectivity index (χ2n) is 3.01. The van der Waals surface area contributed by atoms with Crippen LogP contribution in [-0.2, 0) is 9.53 Å². The third-order valence-electron chi connectivity index (χ3n) is 1.86. The maximum absolute atomic E-state index is 13.6. The molecule has 1 N–H and O–H groups in total. The summed E-state index contributed by atoms with van der Waals surface area (Å²) in [4.78, 5) is 22.4. The van der Waals surface area contributed by atoms with Gasteiger partial charge in [-0.3, -0.25) is 9.59 Å². The number of halogens is 3. The number of carbonyl (C=O) groups excluding carboxylic acids is 2. The Hall–Kier alpha value is -1.14. The van der Waals surface area contributed by atoms with E-state index in [1.165, 1.54) is 19.2 Å². The highest BCUT2D eigenvalue weighted by molar-refractivity contribution is 9.10. The van der Waals surface area contributed by atoms with Crippen molar-refractivity contribution < 1.29 is 18.7 Å². The Labute approximate surface area is 110 Å². The molecule has 0 aliphatic rings. The van der Waals surface area contributed by atoms with Gasteiger partial charge in [0.1, 0.15) is 12.4 Å². The highest BCUT2D eigenvalue weighted by atomic mass is 79.9. The normalized spacial score (nSPS) is 9.88. The molecule has 1 amide bonds. The molecule has 1 aromatic rings. The first-order valence-corrected chi connectivity index (χ1v) is 5.62. The summed E-state index contributed by atoms with van der Waals surface area (Å²) < 4.78 is 18.0. The van der Waals surface area contributed by atoms with Gasteiger partial charge in [-0.2, -0.15) is 0 Å². The smallest absolute Gasteiger partial charge is 0.325 e. The Morgan fingerprint density at radius 1 is 1.53 bits per heavy atom. The van der Waals surface area contributed by atoms with Crippen LogP contribution in [0.15, 0.2) is 16.6 Å². The van der Waals surface area contributed by atoms with Crippen LogP contribution in [0.4, 0.5) is 4.39 Å². The molecule has 92 valence electrons. The molecule has 1 rings (SSSR count). The van der Waals surface area contributed by atoms with E-state index in [9.17, 15) is 14.0 Å². The average Bonchev–Trinajstić information content (AvgIpc) is 2.30. The zero-order valence-electron chi connectivity index (χ0n) is 8.72. The van der Waals surface area contributed by atoms with Crippen LogP contribution < -0.4 is 5.32 Å². The molecule has 0 saturated heterocycles. The van der Waals surface area contributed by atoms with Crippen LogP contribution in [0.1, 0.15) is 10.4 Å². The summed E-state index contributed by atoms with van der Waals surface area (Å²) in [7, 11) is 1.19. The number of benzene rings is 1. The molecule has 17 heavy (non-hydrogen) atoms. The third kappa shape index (κ3) is 3.67. The number of hydrogen-bond donors (Lipinski definition) is 1. The van der Waals surface area contributed by atoms with E-state index >= 15 is 0 Å².